The topological polar surface area (TPSA) is 75.4 Å². The van der Waals surface area contributed by atoms with E-state index >= 15 is 0 Å². The van der Waals surface area contributed by atoms with Gasteiger partial charge in [0.25, 0.3) is 5.91 Å². The van der Waals surface area contributed by atoms with Crippen LogP contribution in [0.4, 0.5) is 10.5 Å². The summed E-state index contributed by atoms with van der Waals surface area (Å²) in [6, 6.07) is 6.37. The van der Waals surface area contributed by atoms with Crippen molar-refractivity contribution in [2.75, 3.05) is 18.9 Å². The molecule has 0 spiro atoms. The van der Waals surface area contributed by atoms with Crippen LogP contribution in [0.5, 0.6) is 0 Å². The summed E-state index contributed by atoms with van der Waals surface area (Å²) in [7, 11) is 1.67. The van der Waals surface area contributed by atoms with Gasteiger partial charge in [0.2, 0.25) is 0 Å². The lowest BCUT2D eigenvalue weighted by Gasteiger charge is -2.16. The van der Waals surface area contributed by atoms with Crippen molar-refractivity contribution in [3.63, 3.8) is 0 Å². The van der Waals surface area contributed by atoms with Gasteiger partial charge in [-0.2, -0.15) is 0 Å². The summed E-state index contributed by atoms with van der Waals surface area (Å²) >= 11 is 0. The standard InChI is InChI=1S/C11H15N3O2/c1-3-14(2)11(16)13-9-7-5-4-6-8(9)10(12)15/h4-7H,3H2,1-2H3,(H2,12,15)(H,13,16). The molecule has 0 saturated carbocycles. The van der Waals surface area contributed by atoms with E-state index in [1.54, 1.807) is 31.3 Å². The van der Waals surface area contributed by atoms with E-state index in [2.05, 4.69) is 5.32 Å². The van der Waals surface area contributed by atoms with Gasteiger partial charge in [-0.3, -0.25) is 4.79 Å². The number of primary amides is 1. The molecule has 16 heavy (non-hydrogen) atoms. The van der Waals surface area contributed by atoms with Crippen molar-refractivity contribution >= 4 is 17.6 Å². The molecule has 0 atom stereocenters. The lowest BCUT2D eigenvalue weighted by atomic mass is 10.1. The first kappa shape index (κ1) is 12.0. The highest BCUT2D eigenvalue weighted by Gasteiger charge is 2.11. The third-order valence-corrected chi connectivity index (χ3v) is 2.26. The number of carbonyl (C=O) groups is 2. The highest BCUT2D eigenvalue weighted by Crippen LogP contribution is 2.14. The van der Waals surface area contributed by atoms with Crippen molar-refractivity contribution in [3.05, 3.63) is 29.8 Å². The number of nitrogens with two attached hydrogens (primary N) is 1. The van der Waals surface area contributed by atoms with Crippen LogP contribution in [-0.4, -0.2) is 30.4 Å². The summed E-state index contributed by atoms with van der Waals surface area (Å²) in [6.45, 7) is 2.45. The average molecular weight is 221 g/mol. The monoisotopic (exact) mass is 221 g/mol. The molecule has 0 aliphatic carbocycles. The molecule has 0 aliphatic heterocycles. The molecule has 86 valence electrons. The molecule has 0 bridgehead atoms. The zero-order valence-electron chi connectivity index (χ0n) is 9.36. The first-order valence-corrected chi connectivity index (χ1v) is 4.97. The number of nitrogens with one attached hydrogen (secondary N) is 1. The van der Waals surface area contributed by atoms with Crippen LogP contribution in [0.3, 0.4) is 0 Å². The Labute approximate surface area is 94.2 Å². The normalized spacial score (nSPS) is 9.62. The Hall–Kier alpha value is -2.04. The molecule has 5 nitrogen and oxygen atoms in total. The quantitative estimate of drug-likeness (QED) is 0.806. The van der Waals surface area contributed by atoms with E-state index in [0.29, 0.717) is 17.8 Å². The minimum atomic E-state index is -0.560. The minimum Gasteiger partial charge on any atom is -0.366 e. The molecular weight excluding hydrogens is 206 g/mol. The molecule has 0 unspecified atom stereocenters. The van der Waals surface area contributed by atoms with Crippen molar-refractivity contribution in [2.24, 2.45) is 5.73 Å². The van der Waals surface area contributed by atoms with Crippen LogP contribution in [0.15, 0.2) is 24.3 Å². The first-order valence-electron chi connectivity index (χ1n) is 4.97. The second kappa shape index (κ2) is 5.16. The Bertz CT molecular complexity index is 404. The zero-order valence-corrected chi connectivity index (χ0v) is 9.36. The van der Waals surface area contributed by atoms with Crippen molar-refractivity contribution in [1.29, 1.82) is 0 Å². The van der Waals surface area contributed by atoms with E-state index in [4.69, 9.17) is 5.73 Å². The average Bonchev–Trinajstić information content (AvgIpc) is 2.28. The van der Waals surface area contributed by atoms with E-state index < -0.39 is 5.91 Å². The van der Waals surface area contributed by atoms with Gasteiger partial charge in [-0.05, 0) is 19.1 Å². The number of benzene rings is 1. The van der Waals surface area contributed by atoms with Gasteiger partial charge < -0.3 is 16.0 Å². The lowest BCUT2D eigenvalue weighted by molar-refractivity contribution is 0.100. The van der Waals surface area contributed by atoms with Gasteiger partial charge in [0.05, 0.1) is 11.3 Å². The predicted octanol–water partition coefficient (Wildman–Crippen LogP) is 1.27. The molecule has 0 fully saturated rings. The molecular formula is C11H15N3O2. The van der Waals surface area contributed by atoms with Crippen LogP contribution < -0.4 is 11.1 Å². The van der Waals surface area contributed by atoms with Crippen LogP contribution in [0.2, 0.25) is 0 Å². The molecule has 0 saturated heterocycles. The van der Waals surface area contributed by atoms with Crippen molar-refractivity contribution in [1.82, 2.24) is 4.90 Å². The van der Waals surface area contributed by atoms with E-state index in [1.165, 1.54) is 4.90 Å². The number of para-hydroxylation sites is 1. The van der Waals surface area contributed by atoms with Crippen LogP contribution >= 0.6 is 0 Å². The van der Waals surface area contributed by atoms with Gasteiger partial charge >= 0.3 is 6.03 Å². The lowest BCUT2D eigenvalue weighted by Crippen LogP contribution is -2.31. The number of amides is 3. The summed E-state index contributed by atoms with van der Waals surface area (Å²) in [5, 5.41) is 2.63. The maximum absolute atomic E-state index is 11.6. The summed E-state index contributed by atoms with van der Waals surface area (Å²) in [6.07, 6.45) is 0. The maximum Gasteiger partial charge on any atom is 0.321 e. The van der Waals surface area contributed by atoms with Crippen molar-refractivity contribution < 1.29 is 9.59 Å². The Morgan fingerprint density at radius 3 is 2.56 bits per heavy atom. The fraction of sp³-hybridized carbons (Fsp3) is 0.273. The van der Waals surface area contributed by atoms with Gasteiger partial charge in [0, 0.05) is 13.6 Å². The number of hydrogen-bond acceptors (Lipinski definition) is 2. The number of rotatable bonds is 3. The van der Waals surface area contributed by atoms with Gasteiger partial charge in [0.15, 0.2) is 0 Å². The fourth-order valence-electron chi connectivity index (χ4n) is 1.16. The summed E-state index contributed by atoms with van der Waals surface area (Å²) in [4.78, 5) is 24.2. The molecule has 1 rings (SSSR count). The van der Waals surface area contributed by atoms with Crippen LogP contribution in [0.1, 0.15) is 17.3 Å². The summed E-state index contributed by atoms with van der Waals surface area (Å²) < 4.78 is 0. The third-order valence-electron chi connectivity index (χ3n) is 2.26. The number of anilines is 1. The van der Waals surface area contributed by atoms with Gasteiger partial charge in [-0.15, -0.1) is 0 Å². The van der Waals surface area contributed by atoms with Gasteiger partial charge in [-0.1, -0.05) is 12.1 Å². The van der Waals surface area contributed by atoms with Crippen molar-refractivity contribution in [2.45, 2.75) is 6.92 Å². The van der Waals surface area contributed by atoms with E-state index in [-0.39, 0.29) is 6.03 Å². The summed E-state index contributed by atoms with van der Waals surface area (Å²) in [5.41, 5.74) is 5.93. The molecule has 0 aromatic heterocycles. The second-order valence-corrected chi connectivity index (χ2v) is 3.35. The zero-order chi connectivity index (χ0) is 12.1. The molecule has 3 N–H and O–H groups in total. The fourth-order valence-corrected chi connectivity index (χ4v) is 1.16. The largest absolute Gasteiger partial charge is 0.366 e. The first-order chi connectivity index (χ1) is 7.56. The molecule has 0 aliphatic rings. The highest BCUT2D eigenvalue weighted by atomic mass is 16.2. The number of carbonyl (C=O) groups excluding carboxylic acids is 2. The number of hydrogen-bond donors (Lipinski definition) is 2. The highest BCUT2D eigenvalue weighted by molar-refractivity contribution is 6.02. The molecule has 3 amide bonds. The predicted molar refractivity (Wildman–Crippen MR) is 62.3 cm³/mol. The minimum absolute atomic E-state index is 0.267. The third kappa shape index (κ3) is 2.73. The molecule has 5 heteroatoms. The molecule has 0 radical (unpaired) electrons. The van der Waals surface area contributed by atoms with Crippen molar-refractivity contribution in [3.8, 4) is 0 Å². The number of nitrogens with zero attached hydrogens (tertiary/aromatic N) is 1. The second-order valence-electron chi connectivity index (χ2n) is 3.35. The molecule has 0 heterocycles. The van der Waals surface area contributed by atoms with E-state index in [9.17, 15) is 9.59 Å². The summed E-state index contributed by atoms with van der Waals surface area (Å²) in [5.74, 6) is -0.560. The Balaban J connectivity index is 2.89. The smallest absolute Gasteiger partial charge is 0.321 e. The van der Waals surface area contributed by atoms with Crippen LogP contribution in [0, 0.1) is 0 Å². The van der Waals surface area contributed by atoms with Gasteiger partial charge in [0.1, 0.15) is 0 Å². The maximum atomic E-state index is 11.6. The van der Waals surface area contributed by atoms with Crippen LogP contribution in [0.25, 0.3) is 0 Å². The van der Waals surface area contributed by atoms with E-state index in [0.717, 1.165) is 0 Å². The molecule has 1 aromatic rings. The van der Waals surface area contributed by atoms with Gasteiger partial charge in [-0.25, -0.2) is 4.79 Å². The number of urea groups is 1. The molecule has 1 aromatic carbocycles. The van der Waals surface area contributed by atoms with E-state index in [1.807, 2.05) is 6.92 Å². The Morgan fingerprint density at radius 1 is 1.38 bits per heavy atom. The Kier molecular flexibility index (Phi) is 3.88. The SMILES string of the molecule is CCN(C)C(=O)Nc1ccccc1C(N)=O. The van der Waals surface area contributed by atoms with Crippen LogP contribution in [-0.2, 0) is 0 Å². The Morgan fingerprint density at radius 2 is 2.00 bits per heavy atom.